The maximum atomic E-state index is 13.0. The quantitative estimate of drug-likeness (QED) is 0.599. The molecule has 0 atom stereocenters. The maximum absolute atomic E-state index is 13.0. The number of halogens is 2. The Morgan fingerprint density at radius 1 is 1.50 bits per heavy atom. The summed E-state index contributed by atoms with van der Waals surface area (Å²) in [6.07, 6.45) is 1.33. The molecule has 0 bridgehead atoms. The fourth-order valence-electron chi connectivity index (χ4n) is 1.26. The van der Waals surface area contributed by atoms with E-state index < -0.39 is 10.7 Å². The minimum Gasteiger partial charge on any atom is -0.259 e. The van der Waals surface area contributed by atoms with E-state index in [-0.39, 0.29) is 16.6 Å². The van der Waals surface area contributed by atoms with Gasteiger partial charge in [-0.25, -0.2) is 4.39 Å². The van der Waals surface area contributed by atoms with Gasteiger partial charge in [-0.2, -0.15) is 0 Å². The van der Waals surface area contributed by atoms with Gasteiger partial charge in [0, 0.05) is 17.0 Å². The van der Waals surface area contributed by atoms with Crippen LogP contribution in [-0.2, 0) is 0 Å². The van der Waals surface area contributed by atoms with E-state index in [2.05, 4.69) is 0 Å². The lowest BCUT2D eigenvalue weighted by atomic mass is 10.1. The van der Waals surface area contributed by atoms with E-state index in [0.717, 1.165) is 6.07 Å². The Bertz CT molecular complexity index is 423. The SMILES string of the molecule is CC(C)/C(=C/c1cc(F)cc(Cl)c1)[N+](=O)[O-]. The number of allylic oxidation sites excluding steroid dienone is 1. The Hall–Kier alpha value is -1.42. The molecule has 0 saturated heterocycles. The number of hydrogen-bond donors (Lipinski definition) is 0. The summed E-state index contributed by atoms with van der Waals surface area (Å²) in [7, 11) is 0. The van der Waals surface area contributed by atoms with E-state index in [1.807, 2.05) is 0 Å². The average molecular weight is 244 g/mol. The zero-order valence-corrected chi connectivity index (χ0v) is 9.66. The highest BCUT2D eigenvalue weighted by atomic mass is 35.5. The van der Waals surface area contributed by atoms with E-state index in [0.29, 0.717) is 5.56 Å². The Balaban J connectivity index is 3.17. The summed E-state index contributed by atoms with van der Waals surface area (Å²) in [6, 6.07) is 3.84. The van der Waals surface area contributed by atoms with E-state index in [4.69, 9.17) is 11.6 Å². The minimum absolute atomic E-state index is 0.0293. The summed E-state index contributed by atoms with van der Waals surface area (Å²) >= 11 is 5.65. The second-order valence-electron chi connectivity index (χ2n) is 3.68. The summed E-state index contributed by atoms with van der Waals surface area (Å²) < 4.78 is 13.0. The van der Waals surface area contributed by atoms with Crippen molar-refractivity contribution in [3.8, 4) is 0 Å². The first-order valence-electron chi connectivity index (χ1n) is 4.72. The van der Waals surface area contributed by atoms with E-state index in [1.54, 1.807) is 13.8 Å². The molecule has 3 nitrogen and oxygen atoms in total. The first kappa shape index (κ1) is 12.6. The summed E-state index contributed by atoms with van der Waals surface area (Å²) in [4.78, 5) is 10.3. The van der Waals surface area contributed by atoms with Crippen molar-refractivity contribution < 1.29 is 9.31 Å². The highest BCUT2D eigenvalue weighted by molar-refractivity contribution is 6.30. The highest BCUT2D eigenvalue weighted by Crippen LogP contribution is 2.19. The van der Waals surface area contributed by atoms with Gasteiger partial charge in [-0.3, -0.25) is 10.1 Å². The monoisotopic (exact) mass is 243 g/mol. The van der Waals surface area contributed by atoms with Gasteiger partial charge in [0.2, 0.25) is 5.70 Å². The summed E-state index contributed by atoms with van der Waals surface area (Å²) in [5.41, 5.74) is 0.423. The molecule has 0 aliphatic rings. The van der Waals surface area contributed by atoms with Gasteiger partial charge in [-0.15, -0.1) is 0 Å². The second kappa shape index (κ2) is 5.07. The van der Waals surface area contributed by atoms with Gasteiger partial charge in [-0.05, 0) is 23.8 Å². The van der Waals surface area contributed by atoms with Crippen molar-refractivity contribution in [2.24, 2.45) is 5.92 Å². The fraction of sp³-hybridized carbons (Fsp3) is 0.273. The topological polar surface area (TPSA) is 43.1 Å². The first-order chi connectivity index (χ1) is 7.40. The molecule has 0 fully saturated rings. The van der Waals surface area contributed by atoms with Gasteiger partial charge in [-0.1, -0.05) is 25.4 Å². The lowest BCUT2D eigenvalue weighted by Gasteiger charge is -2.02. The molecule has 1 rings (SSSR count). The molecule has 0 radical (unpaired) electrons. The molecule has 0 aliphatic heterocycles. The van der Waals surface area contributed by atoms with Crippen molar-refractivity contribution in [2.45, 2.75) is 13.8 Å². The molecule has 16 heavy (non-hydrogen) atoms. The molecule has 0 unspecified atom stereocenters. The molecule has 0 N–H and O–H groups in total. The Kier molecular flexibility index (Phi) is 4.01. The van der Waals surface area contributed by atoms with Crippen molar-refractivity contribution >= 4 is 17.7 Å². The standard InChI is InChI=1S/C11H11ClFNO2/c1-7(2)11(14(15)16)5-8-3-9(12)6-10(13)4-8/h3-7H,1-2H3/b11-5-. The van der Waals surface area contributed by atoms with Gasteiger partial charge < -0.3 is 0 Å². The van der Waals surface area contributed by atoms with Crippen LogP contribution in [0.3, 0.4) is 0 Å². The number of nitrogens with zero attached hydrogens (tertiary/aromatic N) is 1. The van der Waals surface area contributed by atoms with Gasteiger partial charge in [0.05, 0.1) is 4.92 Å². The van der Waals surface area contributed by atoms with Crippen LogP contribution in [0.5, 0.6) is 0 Å². The normalized spacial score (nSPS) is 11.9. The third kappa shape index (κ3) is 3.31. The van der Waals surface area contributed by atoms with Crippen LogP contribution in [0.15, 0.2) is 23.9 Å². The molecule has 1 aromatic carbocycles. The largest absolute Gasteiger partial charge is 0.259 e. The summed E-state index contributed by atoms with van der Waals surface area (Å²) in [5, 5.41) is 10.9. The predicted molar refractivity (Wildman–Crippen MR) is 61.2 cm³/mol. The molecule has 5 heteroatoms. The molecule has 0 amide bonds. The van der Waals surface area contributed by atoms with Gasteiger partial charge >= 0.3 is 0 Å². The Labute approximate surface area is 97.7 Å². The lowest BCUT2D eigenvalue weighted by Crippen LogP contribution is -2.05. The van der Waals surface area contributed by atoms with Crippen LogP contribution in [0.2, 0.25) is 5.02 Å². The predicted octanol–water partition coefficient (Wildman–Crippen LogP) is 3.75. The number of hydrogen-bond acceptors (Lipinski definition) is 2. The molecule has 0 saturated carbocycles. The zero-order chi connectivity index (χ0) is 12.3. The van der Waals surface area contributed by atoms with Crippen molar-refractivity contribution in [2.75, 3.05) is 0 Å². The van der Waals surface area contributed by atoms with Crippen molar-refractivity contribution in [1.29, 1.82) is 0 Å². The van der Waals surface area contributed by atoms with Gasteiger partial charge in [0.1, 0.15) is 5.82 Å². The number of benzene rings is 1. The molecule has 86 valence electrons. The zero-order valence-electron chi connectivity index (χ0n) is 8.91. The van der Waals surface area contributed by atoms with E-state index in [1.165, 1.54) is 18.2 Å². The number of rotatable bonds is 3. The molecule has 0 heterocycles. The first-order valence-corrected chi connectivity index (χ1v) is 5.10. The Morgan fingerprint density at radius 2 is 2.12 bits per heavy atom. The third-order valence-electron chi connectivity index (χ3n) is 2.00. The van der Waals surface area contributed by atoms with Crippen LogP contribution in [0.1, 0.15) is 19.4 Å². The molecule has 1 aromatic rings. The Morgan fingerprint density at radius 3 is 2.56 bits per heavy atom. The average Bonchev–Trinajstić information content (AvgIpc) is 2.11. The fourth-order valence-corrected chi connectivity index (χ4v) is 1.49. The van der Waals surface area contributed by atoms with Crippen molar-refractivity contribution in [1.82, 2.24) is 0 Å². The van der Waals surface area contributed by atoms with Crippen LogP contribution in [0.25, 0.3) is 6.08 Å². The number of nitro groups is 1. The molecular formula is C11H11ClFNO2. The lowest BCUT2D eigenvalue weighted by molar-refractivity contribution is -0.431. The second-order valence-corrected chi connectivity index (χ2v) is 4.12. The molecule has 0 spiro atoms. The van der Waals surface area contributed by atoms with Crippen LogP contribution < -0.4 is 0 Å². The molecular weight excluding hydrogens is 233 g/mol. The van der Waals surface area contributed by atoms with Crippen molar-refractivity contribution in [3.63, 3.8) is 0 Å². The molecule has 0 aromatic heterocycles. The highest BCUT2D eigenvalue weighted by Gasteiger charge is 2.15. The van der Waals surface area contributed by atoms with Gasteiger partial charge in [0.25, 0.3) is 0 Å². The van der Waals surface area contributed by atoms with Crippen LogP contribution in [-0.4, -0.2) is 4.92 Å². The van der Waals surface area contributed by atoms with Crippen molar-refractivity contribution in [3.05, 3.63) is 50.4 Å². The van der Waals surface area contributed by atoms with E-state index >= 15 is 0 Å². The molecule has 0 aliphatic carbocycles. The summed E-state index contributed by atoms with van der Waals surface area (Å²) in [5.74, 6) is -0.748. The maximum Gasteiger partial charge on any atom is 0.249 e. The van der Waals surface area contributed by atoms with E-state index in [9.17, 15) is 14.5 Å². The minimum atomic E-state index is -0.509. The van der Waals surface area contributed by atoms with Crippen LogP contribution in [0.4, 0.5) is 4.39 Å². The van der Waals surface area contributed by atoms with Crippen LogP contribution in [0, 0.1) is 21.8 Å². The third-order valence-corrected chi connectivity index (χ3v) is 2.22. The van der Waals surface area contributed by atoms with Crippen LogP contribution >= 0.6 is 11.6 Å². The smallest absolute Gasteiger partial charge is 0.249 e. The van der Waals surface area contributed by atoms with Gasteiger partial charge in [0.15, 0.2) is 0 Å². The summed E-state index contributed by atoms with van der Waals surface area (Å²) in [6.45, 7) is 3.41.